The van der Waals surface area contributed by atoms with Gasteiger partial charge in [0.05, 0.1) is 12.2 Å². The van der Waals surface area contributed by atoms with Crippen molar-refractivity contribution in [1.29, 1.82) is 0 Å². The Hall–Kier alpha value is -4.84. The van der Waals surface area contributed by atoms with E-state index in [0.29, 0.717) is 0 Å². The van der Waals surface area contributed by atoms with Crippen LogP contribution in [0.5, 0.6) is 23.0 Å². The van der Waals surface area contributed by atoms with Crippen LogP contribution in [0.15, 0.2) is 140 Å². The summed E-state index contributed by atoms with van der Waals surface area (Å²) in [5.41, 5.74) is 4.80. The van der Waals surface area contributed by atoms with Crippen molar-refractivity contribution >= 4 is 22.6 Å². The first-order valence-electron chi connectivity index (χ1n) is 15.1. The number of ether oxygens (including phenoxy) is 4. The monoisotopic (exact) mass is 583 g/mol. The second-order valence-corrected chi connectivity index (χ2v) is 10.9. The summed E-state index contributed by atoms with van der Waals surface area (Å²) in [4.78, 5) is 2.20. The third kappa shape index (κ3) is 7.03. The van der Waals surface area contributed by atoms with E-state index in [2.05, 4.69) is 73.9 Å². The molecule has 1 aliphatic rings. The lowest BCUT2D eigenvalue weighted by atomic mass is 10.0. The summed E-state index contributed by atoms with van der Waals surface area (Å²) in [5.74, 6) is 3.13. The average Bonchev–Trinajstić information content (AvgIpc) is 3.07. The van der Waals surface area contributed by atoms with E-state index >= 15 is 0 Å². The van der Waals surface area contributed by atoms with Crippen LogP contribution < -0.4 is 14.4 Å². The average molecular weight is 584 g/mol. The van der Waals surface area contributed by atoms with Crippen LogP contribution in [0.3, 0.4) is 0 Å². The molecule has 3 atom stereocenters. The molecule has 44 heavy (non-hydrogen) atoms. The van der Waals surface area contributed by atoms with Gasteiger partial charge in [-0.3, -0.25) is 0 Å². The molecule has 0 bridgehead atoms. The normalized spacial score (nSPS) is 17.9. The fourth-order valence-electron chi connectivity index (χ4n) is 5.31. The predicted molar refractivity (Wildman–Crippen MR) is 177 cm³/mol. The van der Waals surface area contributed by atoms with E-state index in [1.807, 2.05) is 84.9 Å². The van der Waals surface area contributed by atoms with Gasteiger partial charge in [-0.05, 0) is 110 Å². The van der Waals surface area contributed by atoms with Crippen molar-refractivity contribution in [2.45, 2.75) is 45.2 Å². The summed E-state index contributed by atoms with van der Waals surface area (Å²) in [6.07, 6.45) is 1.72. The topological polar surface area (TPSA) is 40.2 Å². The number of para-hydroxylation sites is 2. The Morgan fingerprint density at radius 2 is 1.07 bits per heavy atom. The molecule has 0 radical (unpaired) electrons. The predicted octanol–water partition coefficient (Wildman–Crippen LogP) is 10.7. The maximum absolute atomic E-state index is 6.19. The van der Waals surface area contributed by atoms with E-state index in [0.717, 1.165) is 64.0 Å². The SMILES string of the molecule is C=C(c1ccc(N(c2ccc(Oc3ccccc3)cc2)c2ccc(Oc3ccccc3)cc2)cc1)C1OC(C)CC(CC)O1. The van der Waals surface area contributed by atoms with Gasteiger partial charge < -0.3 is 23.8 Å². The minimum Gasteiger partial charge on any atom is -0.457 e. The van der Waals surface area contributed by atoms with E-state index < -0.39 is 6.29 Å². The summed E-state index contributed by atoms with van der Waals surface area (Å²) in [5, 5.41) is 0. The Morgan fingerprint density at radius 1 is 0.636 bits per heavy atom. The smallest absolute Gasteiger partial charge is 0.184 e. The third-order valence-electron chi connectivity index (χ3n) is 7.65. The molecule has 5 aromatic carbocycles. The van der Waals surface area contributed by atoms with Gasteiger partial charge in [-0.15, -0.1) is 0 Å². The zero-order valence-electron chi connectivity index (χ0n) is 25.1. The second-order valence-electron chi connectivity index (χ2n) is 10.9. The van der Waals surface area contributed by atoms with Gasteiger partial charge in [-0.25, -0.2) is 0 Å². The van der Waals surface area contributed by atoms with Crippen LogP contribution in [0.2, 0.25) is 0 Å². The maximum Gasteiger partial charge on any atom is 0.184 e. The van der Waals surface area contributed by atoms with Crippen molar-refractivity contribution in [3.8, 4) is 23.0 Å². The lowest BCUT2D eigenvalue weighted by Gasteiger charge is -2.35. The molecule has 1 aliphatic heterocycles. The summed E-state index contributed by atoms with van der Waals surface area (Å²) in [7, 11) is 0. The molecule has 0 N–H and O–H groups in total. The maximum atomic E-state index is 6.19. The van der Waals surface area contributed by atoms with Crippen LogP contribution in [0.4, 0.5) is 17.1 Å². The largest absolute Gasteiger partial charge is 0.457 e. The van der Waals surface area contributed by atoms with Gasteiger partial charge >= 0.3 is 0 Å². The zero-order chi connectivity index (χ0) is 30.3. The highest BCUT2D eigenvalue weighted by Gasteiger charge is 2.29. The molecule has 0 aromatic heterocycles. The molecule has 1 fully saturated rings. The zero-order valence-corrected chi connectivity index (χ0v) is 25.1. The Kier molecular flexibility index (Phi) is 9.06. The highest BCUT2D eigenvalue weighted by molar-refractivity contribution is 5.78. The van der Waals surface area contributed by atoms with Gasteiger partial charge in [-0.1, -0.05) is 62.0 Å². The molecule has 0 saturated carbocycles. The standard InChI is InChI=1S/C39H37NO4/c1-4-34-27-28(2)41-39(44-34)29(3)30-15-17-31(18-16-30)40(32-19-23-37(24-20-32)42-35-11-7-5-8-12-35)33-21-25-38(26-22-33)43-36-13-9-6-10-14-36/h5-26,28,34,39H,3-4,27H2,1-2H3. The number of anilines is 3. The van der Waals surface area contributed by atoms with E-state index in [-0.39, 0.29) is 12.2 Å². The van der Waals surface area contributed by atoms with E-state index in [4.69, 9.17) is 18.9 Å². The van der Waals surface area contributed by atoms with Gasteiger partial charge in [0, 0.05) is 22.6 Å². The number of nitrogens with zero attached hydrogens (tertiary/aromatic N) is 1. The molecule has 222 valence electrons. The van der Waals surface area contributed by atoms with Gasteiger partial charge in [0.15, 0.2) is 6.29 Å². The van der Waals surface area contributed by atoms with Crippen LogP contribution in [0.1, 0.15) is 32.3 Å². The van der Waals surface area contributed by atoms with Crippen LogP contribution in [0.25, 0.3) is 5.57 Å². The van der Waals surface area contributed by atoms with E-state index in [1.165, 1.54) is 0 Å². The quantitative estimate of drug-likeness (QED) is 0.164. The molecule has 1 heterocycles. The summed E-state index contributed by atoms with van der Waals surface area (Å²) in [6, 6.07) is 44.2. The number of rotatable bonds is 10. The van der Waals surface area contributed by atoms with Gasteiger partial charge in [0.2, 0.25) is 0 Å². The van der Waals surface area contributed by atoms with Crippen molar-refractivity contribution in [2.24, 2.45) is 0 Å². The summed E-state index contributed by atoms with van der Waals surface area (Å²) >= 11 is 0. The lowest BCUT2D eigenvalue weighted by molar-refractivity contribution is -0.209. The first-order chi connectivity index (χ1) is 21.6. The Labute approximate surface area is 259 Å². The minimum atomic E-state index is -0.444. The fourth-order valence-corrected chi connectivity index (χ4v) is 5.31. The third-order valence-corrected chi connectivity index (χ3v) is 7.65. The molecule has 0 amide bonds. The van der Waals surface area contributed by atoms with Crippen molar-refractivity contribution < 1.29 is 18.9 Å². The molecule has 3 unspecified atom stereocenters. The van der Waals surface area contributed by atoms with Crippen LogP contribution in [-0.2, 0) is 9.47 Å². The van der Waals surface area contributed by atoms with Crippen LogP contribution >= 0.6 is 0 Å². The summed E-state index contributed by atoms with van der Waals surface area (Å²) in [6.45, 7) is 8.58. The number of benzene rings is 5. The fraction of sp³-hybridized carbons (Fsp3) is 0.179. The van der Waals surface area contributed by atoms with E-state index in [9.17, 15) is 0 Å². The van der Waals surface area contributed by atoms with Crippen molar-refractivity contribution in [2.75, 3.05) is 4.90 Å². The summed E-state index contributed by atoms with van der Waals surface area (Å²) < 4.78 is 24.4. The van der Waals surface area contributed by atoms with Gasteiger partial charge in [-0.2, -0.15) is 0 Å². The molecular formula is C39H37NO4. The number of hydrogen-bond acceptors (Lipinski definition) is 5. The molecule has 0 aliphatic carbocycles. The van der Waals surface area contributed by atoms with Crippen LogP contribution in [0, 0.1) is 0 Å². The molecular weight excluding hydrogens is 546 g/mol. The Bertz CT molecular complexity index is 1550. The van der Waals surface area contributed by atoms with Gasteiger partial charge in [0.25, 0.3) is 0 Å². The number of hydrogen-bond donors (Lipinski definition) is 0. The Balaban J connectivity index is 1.27. The molecule has 5 aromatic rings. The lowest BCUT2D eigenvalue weighted by Crippen LogP contribution is -2.37. The van der Waals surface area contributed by atoms with Crippen molar-refractivity contribution in [3.05, 3.63) is 146 Å². The highest BCUT2D eigenvalue weighted by atomic mass is 16.7. The first-order valence-corrected chi connectivity index (χ1v) is 15.1. The Morgan fingerprint density at radius 3 is 1.52 bits per heavy atom. The highest BCUT2D eigenvalue weighted by Crippen LogP contribution is 2.38. The van der Waals surface area contributed by atoms with Crippen LogP contribution in [-0.4, -0.2) is 18.5 Å². The molecule has 6 rings (SSSR count). The molecule has 0 spiro atoms. The van der Waals surface area contributed by atoms with Gasteiger partial charge in [0.1, 0.15) is 23.0 Å². The first kappa shape index (κ1) is 29.2. The molecule has 1 saturated heterocycles. The second kappa shape index (κ2) is 13.6. The van der Waals surface area contributed by atoms with Crippen molar-refractivity contribution in [1.82, 2.24) is 0 Å². The van der Waals surface area contributed by atoms with Crippen molar-refractivity contribution in [3.63, 3.8) is 0 Å². The minimum absolute atomic E-state index is 0.132. The molecule has 5 nitrogen and oxygen atoms in total. The molecule has 5 heteroatoms. The van der Waals surface area contributed by atoms with E-state index in [1.54, 1.807) is 0 Å².